The normalized spacial score (nSPS) is 13.4. The minimum Gasteiger partial charge on any atom is -0.350 e. The molecule has 23 heavy (non-hydrogen) atoms. The number of nitrogens with one attached hydrogen (secondary N) is 1. The van der Waals surface area contributed by atoms with Crippen LogP contribution in [0, 0.1) is 0 Å². The van der Waals surface area contributed by atoms with E-state index in [1.54, 1.807) is 24.3 Å². The number of benzene rings is 1. The number of carbonyl (C=O) groups is 3. The zero-order chi connectivity index (χ0) is 16.6. The van der Waals surface area contributed by atoms with Crippen LogP contribution in [0.4, 0.5) is 5.69 Å². The molecule has 0 atom stereocenters. The molecule has 1 aliphatic rings. The molecule has 3 amide bonds. The van der Waals surface area contributed by atoms with E-state index < -0.39 is 11.8 Å². The first kappa shape index (κ1) is 14.8. The van der Waals surface area contributed by atoms with Gasteiger partial charge in [-0.2, -0.15) is 10.2 Å². The maximum atomic E-state index is 12.3. The van der Waals surface area contributed by atoms with Gasteiger partial charge in [-0.15, -0.1) is 0 Å². The molecule has 0 unspecified atom stereocenters. The van der Waals surface area contributed by atoms with Gasteiger partial charge in [-0.25, -0.2) is 4.90 Å². The molecule has 1 aliphatic heterocycles. The van der Waals surface area contributed by atoms with Crippen molar-refractivity contribution < 1.29 is 14.4 Å². The first-order valence-corrected chi connectivity index (χ1v) is 7.09. The molecule has 0 saturated carbocycles. The molecule has 1 aromatic carbocycles. The minimum atomic E-state index is -0.445. The highest BCUT2D eigenvalue weighted by Crippen LogP contribution is 2.27. The zero-order valence-electron chi connectivity index (χ0n) is 12.6. The summed E-state index contributed by atoms with van der Waals surface area (Å²) in [4.78, 5) is 37.6. The predicted octanol–water partition coefficient (Wildman–Crippen LogP) is 1.42. The number of amides is 3. The van der Waals surface area contributed by atoms with Crippen molar-refractivity contribution in [2.75, 3.05) is 4.90 Å². The Morgan fingerprint density at radius 2 is 1.52 bits per heavy atom. The van der Waals surface area contributed by atoms with Gasteiger partial charge >= 0.3 is 0 Å². The van der Waals surface area contributed by atoms with E-state index in [0.717, 1.165) is 4.90 Å². The number of hydrogen-bond acceptors (Lipinski definition) is 5. The lowest BCUT2D eigenvalue weighted by molar-refractivity contribution is 0.0921. The number of carbonyl (C=O) groups excluding carboxylic acids is 3. The summed E-state index contributed by atoms with van der Waals surface area (Å²) in [5.41, 5.74) is 1.32. The summed E-state index contributed by atoms with van der Waals surface area (Å²) in [5, 5.41) is 10.0. The molecule has 2 aromatic rings. The third kappa shape index (κ3) is 2.57. The van der Waals surface area contributed by atoms with E-state index in [1.807, 2.05) is 13.8 Å². The molecular weight excluding hydrogens is 296 g/mol. The second kappa shape index (κ2) is 5.60. The van der Waals surface area contributed by atoms with Crippen molar-refractivity contribution in [3.05, 3.63) is 53.3 Å². The predicted molar refractivity (Wildman–Crippen MR) is 82.2 cm³/mol. The quantitative estimate of drug-likeness (QED) is 0.865. The molecule has 7 nitrogen and oxygen atoms in total. The van der Waals surface area contributed by atoms with E-state index in [0.29, 0.717) is 11.3 Å². The molecule has 1 aromatic heterocycles. The van der Waals surface area contributed by atoms with Crippen LogP contribution < -0.4 is 10.2 Å². The molecule has 0 aliphatic carbocycles. The van der Waals surface area contributed by atoms with Gasteiger partial charge in [0.1, 0.15) is 0 Å². The molecule has 0 bridgehead atoms. The Morgan fingerprint density at radius 3 is 2.00 bits per heavy atom. The van der Waals surface area contributed by atoms with E-state index in [2.05, 4.69) is 15.5 Å². The van der Waals surface area contributed by atoms with Crippen LogP contribution in [0.15, 0.2) is 36.7 Å². The average molecular weight is 310 g/mol. The largest absolute Gasteiger partial charge is 0.350 e. The van der Waals surface area contributed by atoms with Gasteiger partial charge < -0.3 is 5.32 Å². The topological polar surface area (TPSA) is 92.3 Å². The van der Waals surface area contributed by atoms with Crippen LogP contribution in [0.5, 0.6) is 0 Å². The molecule has 1 N–H and O–H groups in total. The van der Waals surface area contributed by atoms with Gasteiger partial charge in [0.05, 0.1) is 29.2 Å². The Hall–Kier alpha value is -3.09. The summed E-state index contributed by atoms with van der Waals surface area (Å²) in [6, 6.07) is 6.31. The van der Waals surface area contributed by atoms with Crippen LogP contribution in [-0.4, -0.2) is 34.0 Å². The van der Waals surface area contributed by atoms with Crippen LogP contribution in [0.3, 0.4) is 0 Å². The van der Waals surface area contributed by atoms with Crippen LogP contribution >= 0.6 is 0 Å². The number of imide groups is 1. The van der Waals surface area contributed by atoms with Gasteiger partial charge in [-0.1, -0.05) is 0 Å². The van der Waals surface area contributed by atoms with E-state index in [4.69, 9.17) is 0 Å². The van der Waals surface area contributed by atoms with E-state index in [-0.39, 0.29) is 23.1 Å². The third-order valence-electron chi connectivity index (χ3n) is 3.40. The number of fused-ring (bicyclic) bond motifs is 1. The summed E-state index contributed by atoms with van der Waals surface area (Å²) in [6.07, 6.45) is 2.56. The molecule has 0 radical (unpaired) electrons. The summed E-state index contributed by atoms with van der Waals surface area (Å²) in [7, 11) is 0. The van der Waals surface area contributed by atoms with Crippen molar-refractivity contribution >= 4 is 23.4 Å². The van der Waals surface area contributed by atoms with Crippen LogP contribution in [0.1, 0.15) is 44.9 Å². The van der Waals surface area contributed by atoms with Crippen molar-refractivity contribution in [3.8, 4) is 0 Å². The van der Waals surface area contributed by atoms with Gasteiger partial charge in [0.25, 0.3) is 17.7 Å². The second-order valence-corrected chi connectivity index (χ2v) is 5.44. The summed E-state index contributed by atoms with van der Waals surface area (Å²) >= 11 is 0. The Labute approximate surface area is 132 Å². The van der Waals surface area contributed by atoms with Crippen molar-refractivity contribution in [1.82, 2.24) is 15.5 Å². The monoisotopic (exact) mass is 310 g/mol. The van der Waals surface area contributed by atoms with E-state index >= 15 is 0 Å². The molecule has 3 rings (SSSR count). The lowest BCUT2D eigenvalue weighted by atomic mass is 10.1. The molecule has 0 fully saturated rings. The van der Waals surface area contributed by atoms with Crippen LogP contribution in [-0.2, 0) is 0 Å². The number of rotatable bonds is 3. The fourth-order valence-corrected chi connectivity index (χ4v) is 2.34. The zero-order valence-corrected chi connectivity index (χ0v) is 12.6. The minimum absolute atomic E-state index is 0.0263. The smallest absolute Gasteiger partial charge is 0.267 e. The van der Waals surface area contributed by atoms with Crippen molar-refractivity contribution in [2.24, 2.45) is 0 Å². The highest BCUT2D eigenvalue weighted by Gasteiger charge is 2.37. The van der Waals surface area contributed by atoms with E-state index in [9.17, 15) is 14.4 Å². The molecule has 2 heterocycles. The Kier molecular flexibility index (Phi) is 3.61. The number of aromatic nitrogens is 2. The first-order valence-electron chi connectivity index (χ1n) is 7.09. The summed E-state index contributed by atoms with van der Waals surface area (Å²) < 4.78 is 0. The lowest BCUT2D eigenvalue weighted by Gasteiger charge is -2.14. The highest BCUT2D eigenvalue weighted by atomic mass is 16.2. The Morgan fingerprint density at radius 1 is 1.00 bits per heavy atom. The number of hydrogen-bond donors (Lipinski definition) is 1. The third-order valence-corrected chi connectivity index (χ3v) is 3.40. The second-order valence-electron chi connectivity index (χ2n) is 5.44. The Balaban J connectivity index is 1.88. The van der Waals surface area contributed by atoms with Gasteiger partial charge in [-0.3, -0.25) is 14.4 Å². The molecule has 0 spiro atoms. The van der Waals surface area contributed by atoms with E-state index in [1.165, 1.54) is 12.4 Å². The van der Waals surface area contributed by atoms with Gasteiger partial charge in [0.15, 0.2) is 0 Å². The Bertz CT molecular complexity index is 764. The molecule has 7 heteroatoms. The molecule has 0 saturated heterocycles. The standard InChI is InChI=1S/C16H14N4O3/c1-9(2)19-14(21)10-3-5-11(6-4-10)20-15(22)12-7-17-18-8-13(12)16(20)23/h3-9H,1-2H3,(H,19,21). The summed E-state index contributed by atoms with van der Waals surface area (Å²) in [5.74, 6) is -1.10. The lowest BCUT2D eigenvalue weighted by Crippen LogP contribution is -2.31. The maximum Gasteiger partial charge on any atom is 0.267 e. The van der Waals surface area contributed by atoms with Gasteiger partial charge in [-0.05, 0) is 38.1 Å². The SMILES string of the molecule is CC(C)NC(=O)c1ccc(N2C(=O)c3cnncc3C2=O)cc1. The number of nitrogens with zero attached hydrogens (tertiary/aromatic N) is 3. The maximum absolute atomic E-state index is 12.3. The fourth-order valence-electron chi connectivity index (χ4n) is 2.34. The molecule has 116 valence electrons. The fraction of sp³-hybridized carbons (Fsp3) is 0.188. The average Bonchev–Trinajstić information content (AvgIpc) is 2.79. The van der Waals surface area contributed by atoms with Crippen molar-refractivity contribution in [1.29, 1.82) is 0 Å². The summed E-state index contributed by atoms with van der Waals surface area (Å²) in [6.45, 7) is 3.74. The van der Waals surface area contributed by atoms with Crippen LogP contribution in [0.2, 0.25) is 0 Å². The van der Waals surface area contributed by atoms with Gasteiger partial charge in [0, 0.05) is 11.6 Å². The number of anilines is 1. The first-order chi connectivity index (χ1) is 11.0. The van der Waals surface area contributed by atoms with Gasteiger partial charge in [0.2, 0.25) is 0 Å². The van der Waals surface area contributed by atoms with Crippen molar-refractivity contribution in [2.45, 2.75) is 19.9 Å². The van der Waals surface area contributed by atoms with Crippen molar-refractivity contribution in [3.63, 3.8) is 0 Å². The van der Waals surface area contributed by atoms with Crippen LogP contribution in [0.25, 0.3) is 0 Å². The highest BCUT2D eigenvalue weighted by molar-refractivity contribution is 6.34. The molecular formula is C16H14N4O3.